The molecular weight excluding hydrogens is 197 g/mol. The van der Waals surface area contributed by atoms with Gasteiger partial charge in [0.15, 0.2) is 0 Å². The SMILES string of the molecule is CCOCCCC(O)c1cncc(F)c1. The first kappa shape index (κ1) is 12.1. The number of aliphatic hydroxyl groups is 1. The minimum atomic E-state index is -0.659. The number of nitrogens with zero attached hydrogens (tertiary/aromatic N) is 1. The standard InChI is InChI=1S/C11H16FNO2/c1-2-15-5-3-4-11(14)9-6-10(12)8-13-7-9/h6-8,11,14H,2-5H2,1H3. The van der Waals surface area contributed by atoms with Crippen molar-refractivity contribution in [1.29, 1.82) is 0 Å². The summed E-state index contributed by atoms with van der Waals surface area (Å²) in [7, 11) is 0. The highest BCUT2D eigenvalue weighted by Gasteiger charge is 2.08. The van der Waals surface area contributed by atoms with E-state index in [1.165, 1.54) is 12.3 Å². The summed E-state index contributed by atoms with van der Waals surface area (Å²) in [6, 6.07) is 1.30. The molecule has 0 aliphatic heterocycles. The van der Waals surface area contributed by atoms with Gasteiger partial charge in [-0.15, -0.1) is 0 Å². The Morgan fingerprint density at radius 1 is 1.53 bits per heavy atom. The first-order valence-electron chi connectivity index (χ1n) is 5.10. The minimum Gasteiger partial charge on any atom is -0.388 e. The predicted octanol–water partition coefficient (Wildman–Crippen LogP) is 2.07. The summed E-state index contributed by atoms with van der Waals surface area (Å²) in [4.78, 5) is 3.68. The zero-order valence-corrected chi connectivity index (χ0v) is 8.82. The molecule has 1 heterocycles. The fraction of sp³-hybridized carbons (Fsp3) is 0.545. The molecule has 1 atom stereocenters. The van der Waals surface area contributed by atoms with Crippen LogP contribution in [0.4, 0.5) is 4.39 Å². The fourth-order valence-electron chi connectivity index (χ4n) is 1.30. The largest absolute Gasteiger partial charge is 0.388 e. The van der Waals surface area contributed by atoms with Gasteiger partial charge in [0.05, 0.1) is 12.3 Å². The lowest BCUT2D eigenvalue weighted by Gasteiger charge is -2.10. The van der Waals surface area contributed by atoms with E-state index in [0.29, 0.717) is 25.2 Å². The summed E-state index contributed by atoms with van der Waals surface area (Å²) in [6.45, 7) is 3.22. The van der Waals surface area contributed by atoms with Crippen molar-refractivity contribution in [3.05, 3.63) is 29.8 Å². The topological polar surface area (TPSA) is 42.4 Å². The quantitative estimate of drug-likeness (QED) is 0.735. The third-order valence-corrected chi connectivity index (χ3v) is 2.08. The van der Waals surface area contributed by atoms with Gasteiger partial charge >= 0.3 is 0 Å². The average Bonchev–Trinajstić information content (AvgIpc) is 2.24. The summed E-state index contributed by atoms with van der Waals surface area (Å²) in [5, 5.41) is 9.68. The van der Waals surface area contributed by atoms with Crippen LogP contribution < -0.4 is 0 Å². The van der Waals surface area contributed by atoms with Crippen LogP contribution in [0.5, 0.6) is 0 Å². The Morgan fingerprint density at radius 3 is 3.00 bits per heavy atom. The number of hydrogen-bond acceptors (Lipinski definition) is 3. The molecule has 0 saturated heterocycles. The van der Waals surface area contributed by atoms with Gasteiger partial charge in [-0.3, -0.25) is 4.98 Å². The lowest BCUT2D eigenvalue weighted by atomic mass is 10.1. The van der Waals surface area contributed by atoms with E-state index in [9.17, 15) is 9.50 Å². The third kappa shape index (κ3) is 4.36. The Hall–Kier alpha value is -1.00. The number of aliphatic hydroxyl groups excluding tert-OH is 1. The van der Waals surface area contributed by atoms with Gasteiger partial charge in [-0.2, -0.15) is 0 Å². The van der Waals surface area contributed by atoms with Crippen LogP contribution in [0, 0.1) is 5.82 Å². The van der Waals surface area contributed by atoms with Gasteiger partial charge < -0.3 is 9.84 Å². The van der Waals surface area contributed by atoms with Crippen LogP contribution >= 0.6 is 0 Å². The molecule has 84 valence electrons. The zero-order valence-electron chi connectivity index (χ0n) is 8.82. The van der Waals surface area contributed by atoms with E-state index in [2.05, 4.69) is 4.98 Å². The molecule has 0 aromatic carbocycles. The van der Waals surface area contributed by atoms with Crippen molar-refractivity contribution in [3.63, 3.8) is 0 Å². The molecule has 4 heteroatoms. The number of ether oxygens (including phenoxy) is 1. The highest BCUT2D eigenvalue weighted by molar-refractivity contribution is 5.12. The average molecular weight is 213 g/mol. The molecule has 15 heavy (non-hydrogen) atoms. The molecule has 1 rings (SSSR count). The van der Waals surface area contributed by atoms with Gasteiger partial charge in [0.2, 0.25) is 0 Å². The van der Waals surface area contributed by atoms with Crippen LogP contribution in [0.25, 0.3) is 0 Å². The number of halogens is 1. The Kier molecular flexibility index (Phi) is 5.21. The number of aromatic nitrogens is 1. The molecule has 0 aliphatic carbocycles. The van der Waals surface area contributed by atoms with Crippen LogP contribution in [0.1, 0.15) is 31.4 Å². The van der Waals surface area contributed by atoms with E-state index in [-0.39, 0.29) is 0 Å². The second kappa shape index (κ2) is 6.48. The molecule has 0 aliphatic rings. The van der Waals surface area contributed by atoms with Crippen LogP contribution in [0.3, 0.4) is 0 Å². The van der Waals surface area contributed by atoms with E-state index >= 15 is 0 Å². The first-order valence-corrected chi connectivity index (χ1v) is 5.10. The highest BCUT2D eigenvalue weighted by Crippen LogP contribution is 2.17. The van der Waals surface area contributed by atoms with Crippen molar-refractivity contribution in [2.24, 2.45) is 0 Å². The smallest absolute Gasteiger partial charge is 0.141 e. The molecule has 0 bridgehead atoms. The summed E-state index contributed by atoms with van der Waals surface area (Å²) in [5.41, 5.74) is 0.520. The Labute approximate surface area is 88.9 Å². The van der Waals surface area contributed by atoms with Gasteiger partial charge in [0.1, 0.15) is 5.82 Å². The Balaban J connectivity index is 2.36. The lowest BCUT2D eigenvalue weighted by molar-refractivity contribution is 0.114. The van der Waals surface area contributed by atoms with Gasteiger partial charge in [-0.25, -0.2) is 4.39 Å². The molecular formula is C11H16FNO2. The van der Waals surface area contributed by atoms with Crippen molar-refractivity contribution in [1.82, 2.24) is 4.98 Å². The van der Waals surface area contributed by atoms with Crippen LogP contribution in [0.2, 0.25) is 0 Å². The summed E-state index contributed by atoms with van der Waals surface area (Å²) >= 11 is 0. The zero-order chi connectivity index (χ0) is 11.1. The number of rotatable bonds is 6. The van der Waals surface area contributed by atoms with Crippen LogP contribution in [-0.2, 0) is 4.74 Å². The third-order valence-electron chi connectivity index (χ3n) is 2.08. The number of pyridine rings is 1. The summed E-state index contributed by atoms with van der Waals surface area (Å²) in [5.74, 6) is -0.420. The van der Waals surface area contributed by atoms with E-state index < -0.39 is 11.9 Å². The van der Waals surface area contributed by atoms with E-state index in [4.69, 9.17) is 4.74 Å². The molecule has 0 spiro atoms. The van der Waals surface area contributed by atoms with Crippen molar-refractivity contribution in [2.75, 3.05) is 13.2 Å². The van der Waals surface area contributed by atoms with Gasteiger partial charge in [-0.1, -0.05) is 0 Å². The van der Waals surface area contributed by atoms with E-state index in [1.807, 2.05) is 6.92 Å². The maximum absolute atomic E-state index is 12.8. The number of hydrogen-bond donors (Lipinski definition) is 1. The van der Waals surface area contributed by atoms with E-state index in [0.717, 1.165) is 12.6 Å². The van der Waals surface area contributed by atoms with Crippen LogP contribution in [-0.4, -0.2) is 23.3 Å². The molecule has 1 aromatic rings. The van der Waals surface area contributed by atoms with Crippen molar-refractivity contribution < 1.29 is 14.2 Å². The lowest BCUT2D eigenvalue weighted by Crippen LogP contribution is -2.02. The predicted molar refractivity (Wildman–Crippen MR) is 54.9 cm³/mol. The van der Waals surface area contributed by atoms with Gasteiger partial charge in [0.25, 0.3) is 0 Å². The molecule has 1 aromatic heterocycles. The Bertz CT molecular complexity index is 294. The van der Waals surface area contributed by atoms with Gasteiger partial charge in [0, 0.05) is 25.0 Å². The molecule has 0 saturated carbocycles. The summed E-state index contributed by atoms with van der Waals surface area (Å²) < 4.78 is 17.9. The second-order valence-electron chi connectivity index (χ2n) is 3.29. The Morgan fingerprint density at radius 2 is 2.33 bits per heavy atom. The van der Waals surface area contributed by atoms with Crippen molar-refractivity contribution in [3.8, 4) is 0 Å². The normalized spacial score (nSPS) is 12.7. The van der Waals surface area contributed by atoms with Crippen molar-refractivity contribution in [2.45, 2.75) is 25.9 Å². The minimum absolute atomic E-state index is 0.420. The second-order valence-corrected chi connectivity index (χ2v) is 3.29. The molecule has 1 unspecified atom stereocenters. The van der Waals surface area contributed by atoms with Crippen molar-refractivity contribution >= 4 is 0 Å². The summed E-state index contributed by atoms with van der Waals surface area (Å²) in [6.07, 6.45) is 3.26. The molecule has 0 radical (unpaired) electrons. The maximum Gasteiger partial charge on any atom is 0.141 e. The molecule has 1 N–H and O–H groups in total. The monoisotopic (exact) mass is 213 g/mol. The first-order chi connectivity index (χ1) is 7.24. The molecule has 3 nitrogen and oxygen atoms in total. The highest BCUT2D eigenvalue weighted by atomic mass is 19.1. The van der Waals surface area contributed by atoms with E-state index in [1.54, 1.807) is 0 Å². The maximum atomic E-state index is 12.8. The molecule has 0 amide bonds. The van der Waals surface area contributed by atoms with Crippen LogP contribution in [0.15, 0.2) is 18.5 Å². The van der Waals surface area contributed by atoms with Gasteiger partial charge in [-0.05, 0) is 25.8 Å². The molecule has 0 fully saturated rings. The fourth-order valence-corrected chi connectivity index (χ4v) is 1.30.